The van der Waals surface area contributed by atoms with Crippen LogP contribution in [0.15, 0.2) is 12.3 Å². The Kier molecular flexibility index (Phi) is 4.63. The molecule has 19 heavy (non-hydrogen) atoms. The van der Waals surface area contributed by atoms with Gasteiger partial charge in [0.25, 0.3) is 0 Å². The van der Waals surface area contributed by atoms with Crippen LogP contribution in [0.4, 0.5) is 0 Å². The molecule has 1 aliphatic rings. The molecule has 1 saturated heterocycles. The molecule has 2 atom stereocenters. The van der Waals surface area contributed by atoms with E-state index in [2.05, 4.69) is 18.9 Å². The van der Waals surface area contributed by atoms with Crippen molar-refractivity contribution in [3.63, 3.8) is 0 Å². The van der Waals surface area contributed by atoms with Crippen LogP contribution in [0.2, 0.25) is 0 Å². The summed E-state index contributed by atoms with van der Waals surface area (Å²) in [4.78, 5) is 0. The van der Waals surface area contributed by atoms with Gasteiger partial charge < -0.3 is 9.84 Å². The van der Waals surface area contributed by atoms with E-state index in [1.807, 2.05) is 23.9 Å². The standard InChI is InChI=1S/C15H26N2O2/c1-4-13(5-2)17-9-7-12(16-17)11-14(18)15(3)8-6-10-19-15/h7,9,13-14,18H,4-6,8,10-11H2,1-3H3. The number of hydrogen-bond acceptors (Lipinski definition) is 3. The van der Waals surface area contributed by atoms with E-state index in [1.165, 1.54) is 0 Å². The van der Waals surface area contributed by atoms with Crippen LogP contribution in [0.1, 0.15) is 58.2 Å². The summed E-state index contributed by atoms with van der Waals surface area (Å²) in [5.41, 5.74) is 0.565. The third-order valence-electron chi connectivity index (χ3n) is 4.34. The number of hydrogen-bond donors (Lipinski definition) is 1. The Hall–Kier alpha value is -0.870. The molecule has 4 nitrogen and oxygen atoms in total. The van der Waals surface area contributed by atoms with Crippen LogP contribution in [-0.4, -0.2) is 33.2 Å². The number of aliphatic hydroxyl groups excluding tert-OH is 1. The molecule has 1 aromatic heterocycles. The van der Waals surface area contributed by atoms with Gasteiger partial charge in [-0.05, 0) is 38.7 Å². The van der Waals surface area contributed by atoms with Gasteiger partial charge in [-0.2, -0.15) is 5.10 Å². The van der Waals surface area contributed by atoms with Crippen LogP contribution < -0.4 is 0 Å². The molecule has 0 saturated carbocycles. The lowest BCUT2D eigenvalue weighted by Gasteiger charge is -2.28. The first-order valence-electron chi connectivity index (χ1n) is 7.45. The first-order chi connectivity index (χ1) is 9.09. The van der Waals surface area contributed by atoms with Crippen molar-refractivity contribution in [2.75, 3.05) is 6.61 Å². The van der Waals surface area contributed by atoms with Crippen molar-refractivity contribution in [3.8, 4) is 0 Å². The number of rotatable bonds is 6. The molecule has 0 spiro atoms. The summed E-state index contributed by atoms with van der Waals surface area (Å²) in [7, 11) is 0. The summed E-state index contributed by atoms with van der Waals surface area (Å²) in [6.45, 7) is 7.12. The van der Waals surface area contributed by atoms with Crippen LogP contribution in [0, 0.1) is 0 Å². The summed E-state index contributed by atoms with van der Waals surface area (Å²) in [5, 5.41) is 14.9. The van der Waals surface area contributed by atoms with Gasteiger partial charge in [0.05, 0.1) is 23.4 Å². The molecule has 0 bridgehead atoms. The van der Waals surface area contributed by atoms with Crippen LogP contribution >= 0.6 is 0 Å². The minimum absolute atomic E-state index is 0.390. The third kappa shape index (κ3) is 3.18. The molecular formula is C15H26N2O2. The zero-order valence-corrected chi connectivity index (χ0v) is 12.3. The Morgan fingerprint density at radius 3 is 2.79 bits per heavy atom. The quantitative estimate of drug-likeness (QED) is 0.861. The Morgan fingerprint density at radius 2 is 2.21 bits per heavy atom. The van der Waals surface area contributed by atoms with Gasteiger partial charge in [0, 0.05) is 19.2 Å². The largest absolute Gasteiger partial charge is 0.390 e. The van der Waals surface area contributed by atoms with Crippen LogP contribution in [0.5, 0.6) is 0 Å². The molecule has 2 unspecified atom stereocenters. The Balaban J connectivity index is 1.99. The lowest BCUT2D eigenvalue weighted by atomic mass is 9.92. The lowest BCUT2D eigenvalue weighted by molar-refractivity contribution is -0.0771. The Morgan fingerprint density at radius 1 is 1.47 bits per heavy atom. The fourth-order valence-electron chi connectivity index (χ4n) is 2.83. The smallest absolute Gasteiger partial charge is 0.0916 e. The maximum atomic E-state index is 10.3. The fraction of sp³-hybridized carbons (Fsp3) is 0.800. The lowest BCUT2D eigenvalue weighted by Crippen LogP contribution is -2.40. The second-order valence-electron chi connectivity index (χ2n) is 5.74. The second-order valence-corrected chi connectivity index (χ2v) is 5.74. The monoisotopic (exact) mass is 266 g/mol. The second kappa shape index (κ2) is 6.06. The van der Waals surface area contributed by atoms with Crippen molar-refractivity contribution in [3.05, 3.63) is 18.0 Å². The van der Waals surface area contributed by atoms with E-state index in [1.54, 1.807) is 0 Å². The molecule has 1 aliphatic heterocycles. The minimum Gasteiger partial charge on any atom is -0.390 e. The maximum absolute atomic E-state index is 10.3. The molecule has 2 rings (SSSR count). The van der Waals surface area contributed by atoms with Crippen LogP contribution in [-0.2, 0) is 11.2 Å². The summed E-state index contributed by atoms with van der Waals surface area (Å²) >= 11 is 0. The predicted octanol–water partition coefficient (Wildman–Crippen LogP) is 2.72. The molecule has 4 heteroatoms. The van der Waals surface area contributed by atoms with E-state index in [4.69, 9.17) is 4.74 Å². The Bertz CT molecular complexity index is 393. The zero-order chi connectivity index (χ0) is 13.9. The number of aromatic nitrogens is 2. The van der Waals surface area contributed by atoms with E-state index >= 15 is 0 Å². The van der Waals surface area contributed by atoms with E-state index in [-0.39, 0.29) is 0 Å². The predicted molar refractivity (Wildman–Crippen MR) is 75.1 cm³/mol. The molecule has 0 aromatic carbocycles. The van der Waals surface area contributed by atoms with Crippen molar-refractivity contribution in [1.29, 1.82) is 0 Å². The highest BCUT2D eigenvalue weighted by Crippen LogP contribution is 2.30. The van der Waals surface area contributed by atoms with Crippen molar-refractivity contribution in [1.82, 2.24) is 9.78 Å². The molecule has 1 aromatic rings. The van der Waals surface area contributed by atoms with Crippen molar-refractivity contribution < 1.29 is 9.84 Å². The molecule has 1 fully saturated rings. The van der Waals surface area contributed by atoms with Gasteiger partial charge in [0.1, 0.15) is 0 Å². The van der Waals surface area contributed by atoms with Gasteiger partial charge in [-0.3, -0.25) is 4.68 Å². The maximum Gasteiger partial charge on any atom is 0.0916 e. The number of ether oxygens (including phenoxy) is 1. The SMILES string of the molecule is CCC(CC)n1ccc(CC(O)C2(C)CCCO2)n1. The normalized spacial score (nSPS) is 25.1. The molecule has 0 amide bonds. The average molecular weight is 266 g/mol. The molecule has 1 N–H and O–H groups in total. The zero-order valence-electron chi connectivity index (χ0n) is 12.3. The Labute approximate surface area is 115 Å². The molecule has 108 valence electrons. The highest BCUT2D eigenvalue weighted by Gasteiger charge is 2.37. The van der Waals surface area contributed by atoms with Gasteiger partial charge in [-0.15, -0.1) is 0 Å². The first-order valence-corrected chi connectivity index (χ1v) is 7.45. The van der Waals surface area contributed by atoms with Gasteiger partial charge in [-0.1, -0.05) is 13.8 Å². The summed E-state index contributed by atoms with van der Waals surface area (Å²) in [5.74, 6) is 0. The third-order valence-corrected chi connectivity index (χ3v) is 4.34. The average Bonchev–Trinajstić information content (AvgIpc) is 3.02. The highest BCUT2D eigenvalue weighted by atomic mass is 16.5. The topological polar surface area (TPSA) is 47.3 Å². The van der Waals surface area contributed by atoms with Crippen LogP contribution in [0.3, 0.4) is 0 Å². The van der Waals surface area contributed by atoms with E-state index in [0.717, 1.165) is 38.0 Å². The molecule has 2 heterocycles. The minimum atomic E-state index is -0.472. The van der Waals surface area contributed by atoms with E-state index in [9.17, 15) is 5.11 Å². The number of nitrogens with zero attached hydrogens (tertiary/aromatic N) is 2. The van der Waals surface area contributed by atoms with E-state index < -0.39 is 11.7 Å². The molecule has 0 radical (unpaired) electrons. The van der Waals surface area contributed by atoms with Gasteiger partial charge in [-0.25, -0.2) is 0 Å². The van der Waals surface area contributed by atoms with Gasteiger partial charge in [0.2, 0.25) is 0 Å². The van der Waals surface area contributed by atoms with Crippen molar-refractivity contribution in [2.45, 2.75) is 70.6 Å². The molecule has 0 aliphatic carbocycles. The summed E-state index contributed by atoms with van der Waals surface area (Å²) in [6.07, 6.45) is 6.26. The fourth-order valence-corrected chi connectivity index (χ4v) is 2.83. The van der Waals surface area contributed by atoms with Crippen LogP contribution in [0.25, 0.3) is 0 Å². The van der Waals surface area contributed by atoms with Crippen molar-refractivity contribution >= 4 is 0 Å². The van der Waals surface area contributed by atoms with Crippen molar-refractivity contribution in [2.24, 2.45) is 0 Å². The number of aliphatic hydroxyl groups is 1. The molecular weight excluding hydrogens is 240 g/mol. The summed E-state index contributed by atoms with van der Waals surface area (Å²) in [6, 6.07) is 2.48. The summed E-state index contributed by atoms with van der Waals surface area (Å²) < 4.78 is 7.71. The highest BCUT2D eigenvalue weighted by molar-refractivity contribution is 5.04. The van der Waals surface area contributed by atoms with E-state index in [0.29, 0.717) is 12.5 Å². The van der Waals surface area contributed by atoms with Gasteiger partial charge >= 0.3 is 0 Å². The first kappa shape index (κ1) is 14.5. The van der Waals surface area contributed by atoms with Gasteiger partial charge in [0.15, 0.2) is 0 Å².